The molecule has 0 aliphatic heterocycles. The van der Waals surface area contributed by atoms with Crippen LogP contribution in [0.25, 0.3) is 55.6 Å². The van der Waals surface area contributed by atoms with Crippen LogP contribution < -0.4 is 33.8 Å². The zero-order valence-electron chi connectivity index (χ0n) is 23.0. The van der Waals surface area contributed by atoms with Crippen LogP contribution in [0.5, 0.6) is 0 Å². The molecular formula is C28H23ClN14O2. The minimum Gasteiger partial charge on any atom is -0.369 e. The van der Waals surface area contributed by atoms with Crippen molar-refractivity contribution in [2.45, 2.75) is 0 Å². The fraction of sp³-hybridized carbons (Fsp3) is 0. The van der Waals surface area contributed by atoms with Gasteiger partial charge in [-0.3, -0.25) is 18.4 Å². The van der Waals surface area contributed by atoms with Crippen molar-refractivity contribution in [1.82, 2.24) is 48.7 Å². The minimum atomic E-state index is -0.135. The van der Waals surface area contributed by atoms with E-state index in [-0.39, 0.29) is 47.1 Å². The van der Waals surface area contributed by atoms with E-state index in [1.807, 2.05) is 0 Å². The number of fused-ring (bicyclic) bond motifs is 6. The molecule has 8 rings (SSSR count). The molecule has 0 aromatic carbocycles. The van der Waals surface area contributed by atoms with Crippen molar-refractivity contribution >= 4 is 69.3 Å². The van der Waals surface area contributed by atoms with E-state index in [0.717, 1.165) is 11.0 Å². The van der Waals surface area contributed by atoms with Gasteiger partial charge in [-0.05, 0) is 24.3 Å². The SMILES string of the molecule is Cl.Nc1nccc(-c2c3c(=O)cc[nH]c3n3c(N)nccc23)n1.Nc1nccc(-c2c3c(=O)cc[nH]c3n3c(N)nccc23)n1. The Bertz CT molecular complexity index is 2340. The summed E-state index contributed by atoms with van der Waals surface area (Å²) in [6.45, 7) is 0. The third-order valence-electron chi connectivity index (χ3n) is 7.01. The first kappa shape index (κ1) is 28.6. The molecule has 0 aliphatic carbocycles. The summed E-state index contributed by atoms with van der Waals surface area (Å²) < 4.78 is 3.37. The first-order chi connectivity index (χ1) is 21.3. The number of nitrogens with one attached hydrogen (secondary N) is 2. The maximum Gasteiger partial charge on any atom is 0.220 e. The number of aromatic amines is 2. The smallest absolute Gasteiger partial charge is 0.220 e. The van der Waals surface area contributed by atoms with Crippen LogP contribution in [0.3, 0.4) is 0 Å². The first-order valence-corrected chi connectivity index (χ1v) is 13.0. The number of pyridine rings is 2. The fourth-order valence-electron chi connectivity index (χ4n) is 5.31. The molecule has 0 unspecified atom stereocenters. The molecule has 0 aliphatic rings. The molecule has 8 aromatic rings. The number of H-pyrrole nitrogens is 2. The lowest BCUT2D eigenvalue weighted by atomic mass is 10.1. The van der Waals surface area contributed by atoms with E-state index >= 15 is 0 Å². The molecule has 10 N–H and O–H groups in total. The van der Waals surface area contributed by atoms with E-state index in [9.17, 15) is 9.59 Å². The fourth-order valence-corrected chi connectivity index (χ4v) is 5.31. The lowest BCUT2D eigenvalue weighted by Gasteiger charge is -2.02. The van der Waals surface area contributed by atoms with Crippen molar-refractivity contribution in [2.24, 2.45) is 0 Å². The predicted molar refractivity (Wildman–Crippen MR) is 174 cm³/mol. The standard InChI is InChI=1S/2C14H11N7O.ClH/c2*15-13-18-4-1-7(20-13)10-8-2-5-19-14(16)21(8)12-11(10)9(22)3-6-17-12;/h2*1-6H,(H2,16,19)(H,17,22)(H2,15,18,20);1H. The highest BCUT2D eigenvalue weighted by molar-refractivity contribution is 6.05. The molecule has 8 heterocycles. The summed E-state index contributed by atoms with van der Waals surface area (Å²) in [6, 6.07) is 9.87. The third kappa shape index (κ3) is 4.57. The van der Waals surface area contributed by atoms with Crippen molar-refractivity contribution in [3.63, 3.8) is 0 Å². The zero-order chi connectivity index (χ0) is 30.5. The first-order valence-electron chi connectivity index (χ1n) is 13.0. The average molecular weight is 623 g/mol. The lowest BCUT2D eigenvalue weighted by molar-refractivity contribution is 1.12. The van der Waals surface area contributed by atoms with Crippen molar-refractivity contribution in [2.75, 3.05) is 22.9 Å². The van der Waals surface area contributed by atoms with E-state index in [1.165, 1.54) is 12.1 Å². The Balaban J connectivity index is 0.000000155. The second kappa shape index (κ2) is 10.9. The summed E-state index contributed by atoms with van der Waals surface area (Å²) in [5, 5.41) is 0.973. The highest BCUT2D eigenvalue weighted by Gasteiger charge is 2.20. The Morgan fingerprint density at radius 3 is 1.36 bits per heavy atom. The van der Waals surface area contributed by atoms with Crippen LogP contribution in [-0.4, -0.2) is 48.7 Å². The molecule has 0 saturated carbocycles. The molecule has 0 amide bonds. The monoisotopic (exact) mass is 622 g/mol. The van der Waals surface area contributed by atoms with Crippen LogP contribution >= 0.6 is 12.4 Å². The molecule has 0 atom stereocenters. The number of nitrogens with two attached hydrogens (primary N) is 4. The normalized spacial score (nSPS) is 11.0. The molecule has 8 aromatic heterocycles. The van der Waals surface area contributed by atoms with E-state index in [0.29, 0.717) is 44.6 Å². The van der Waals surface area contributed by atoms with Gasteiger partial charge >= 0.3 is 0 Å². The summed E-state index contributed by atoms with van der Waals surface area (Å²) in [6.07, 6.45) is 9.41. The van der Waals surface area contributed by atoms with Crippen molar-refractivity contribution in [3.05, 3.63) is 94.0 Å². The summed E-state index contributed by atoms with van der Waals surface area (Å²) >= 11 is 0. The Morgan fingerprint density at radius 2 is 0.956 bits per heavy atom. The van der Waals surface area contributed by atoms with E-state index in [4.69, 9.17) is 22.9 Å². The molecule has 16 nitrogen and oxygen atoms in total. The van der Waals surface area contributed by atoms with Gasteiger partial charge < -0.3 is 32.9 Å². The minimum absolute atomic E-state index is 0. The maximum atomic E-state index is 12.4. The molecule has 0 spiro atoms. The largest absolute Gasteiger partial charge is 0.369 e. The molecule has 17 heteroatoms. The Labute approximate surface area is 257 Å². The number of aromatic nitrogens is 10. The van der Waals surface area contributed by atoms with Gasteiger partial charge in [-0.1, -0.05) is 0 Å². The number of anilines is 4. The Kier molecular flexibility index (Phi) is 6.94. The third-order valence-corrected chi connectivity index (χ3v) is 7.01. The van der Waals surface area contributed by atoms with Crippen LogP contribution in [-0.2, 0) is 0 Å². The summed E-state index contributed by atoms with van der Waals surface area (Å²) in [7, 11) is 0. The van der Waals surface area contributed by atoms with Crippen molar-refractivity contribution < 1.29 is 0 Å². The molecular weight excluding hydrogens is 600 g/mol. The molecule has 0 fully saturated rings. The number of halogens is 1. The summed E-state index contributed by atoms with van der Waals surface area (Å²) in [4.78, 5) is 55.2. The second-order valence-corrected chi connectivity index (χ2v) is 9.53. The van der Waals surface area contributed by atoms with E-state index in [2.05, 4.69) is 39.9 Å². The molecule has 0 radical (unpaired) electrons. The number of nitrogen functional groups attached to an aromatic ring is 4. The summed E-state index contributed by atoms with van der Waals surface area (Å²) in [5.74, 6) is 0.828. The number of rotatable bonds is 2. The van der Waals surface area contributed by atoms with Gasteiger partial charge in [0.05, 0.1) is 33.2 Å². The predicted octanol–water partition coefficient (Wildman–Crippen LogP) is 2.02. The average Bonchev–Trinajstić information content (AvgIpc) is 3.54. The van der Waals surface area contributed by atoms with Gasteiger partial charge in [-0.25, -0.2) is 29.9 Å². The van der Waals surface area contributed by atoms with Crippen molar-refractivity contribution in [1.29, 1.82) is 0 Å². The number of hydrogen-bond donors (Lipinski definition) is 6. The van der Waals surface area contributed by atoms with Crippen LogP contribution in [0.4, 0.5) is 23.8 Å². The van der Waals surface area contributed by atoms with Crippen LogP contribution in [0.2, 0.25) is 0 Å². The highest BCUT2D eigenvalue weighted by atomic mass is 35.5. The topological polar surface area (TPSA) is 256 Å². The van der Waals surface area contributed by atoms with Gasteiger partial charge in [0.2, 0.25) is 23.8 Å². The molecule has 0 saturated heterocycles. The lowest BCUT2D eigenvalue weighted by Crippen LogP contribution is -2.02. The van der Waals surface area contributed by atoms with Gasteiger partial charge in [0.1, 0.15) is 11.3 Å². The van der Waals surface area contributed by atoms with Gasteiger partial charge in [0.15, 0.2) is 10.9 Å². The quantitative estimate of drug-likeness (QED) is 0.162. The Morgan fingerprint density at radius 1 is 0.556 bits per heavy atom. The van der Waals surface area contributed by atoms with Crippen LogP contribution in [0.15, 0.2) is 83.2 Å². The molecule has 45 heavy (non-hydrogen) atoms. The number of nitrogens with zero attached hydrogens (tertiary/aromatic N) is 8. The van der Waals surface area contributed by atoms with Crippen molar-refractivity contribution in [3.8, 4) is 22.5 Å². The van der Waals surface area contributed by atoms with Gasteiger partial charge in [-0.15, -0.1) is 12.4 Å². The molecule has 224 valence electrons. The second-order valence-electron chi connectivity index (χ2n) is 9.53. The summed E-state index contributed by atoms with van der Waals surface area (Å²) in [5.41, 5.74) is 28.0. The number of hydrogen-bond acceptors (Lipinski definition) is 12. The van der Waals surface area contributed by atoms with Crippen LogP contribution in [0, 0.1) is 0 Å². The van der Waals surface area contributed by atoms with E-state index in [1.54, 1.807) is 70.2 Å². The van der Waals surface area contributed by atoms with Crippen LogP contribution in [0.1, 0.15) is 0 Å². The van der Waals surface area contributed by atoms with Gasteiger partial charge in [0, 0.05) is 60.4 Å². The maximum absolute atomic E-state index is 12.4. The van der Waals surface area contributed by atoms with E-state index < -0.39 is 0 Å². The zero-order valence-corrected chi connectivity index (χ0v) is 23.9. The van der Waals surface area contributed by atoms with Gasteiger partial charge in [0.25, 0.3) is 0 Å². The van der Waals surface area contributed by atoms with Gasteiger partial charge in [-0.2, -0.15) is 0 Å². The Hall–Kier alpha value is -6.55. The highest BCUT2D eigenvalue weighted by Crippen LogP contribution is 2.33. The molecule has 0 bridgehead atoms.